The van der Waals surface area contributed by atoms with Crippen molar-refractivity contribution in [3.63, 3.8) is 0 Å². The number of benzene rings is 2. The zero-order valence-electron chi connectivity index (χ0n) is 11.8. The Balaban J connectivity index is 2.48. The van der Waals surface area contributed by atoms with E-state index < -0.39 is 5.54 Å². The smallest absolute Gasteiger partial charge is 0.161 e. The first-order valence-corrected chi connectivity index (χ1v) is 7.05. The summed E-state index contributed by atoms with van der Waals surface area (Å²) >= 11 is 3.48. The summed E-state index contributed by atoms with van der Waals surface area (Å²) in [6.45, 7) is 1.98. The highest BCUT2D eigenvalue weighted by molar-refractivity contribution is 9.10. The summed E-state index contributed by atoms with van der Waals surface area (Å²) in [7, 11) is 3.24. The third kappa shape index (κ3) is 2.81. The van der Waals surface area contributed by atoms with Crippen LogP contribution in [0.2, 0.25) is 0 Å². The lowest BCUT2D eigenvalue weighted by atomic mass is 9.85. The van der Waals surface area contributed by atoms with Crippen LogP contribution < -0.4 is 15.2 Å². The van der Waals surface area contributed by atoms with Crippen molar-refractivity contribution < 1.29 is 9.47 Å². The fourth-order valence-corrected chi connectivity index (χ4v) is 2.54. The molecule has 3 nitrogen and oxygen atoms in total. The SMILES string of the molecule is COc1ccc(C(C)(N)c2cccc(Br)c2)cc1OC. The molecular formula is C16H18BrNO2. The third-order valence-corrected chi connectivity index (χ3v) is 3.90. The van der Waals surface area contributed by atoms with Crippen molar-refractivity contribution in [3.8, 4) is 11.5 Å². The Hall–Kier alpha value is -1.52. The normalized spacial score (nSPS) is 13.7. The molecule has 1 atom stereocenters. The van der Waals surface area contributed by atoms with Gasteiger partial charge in [0.05, 0.1) is 19.8 Å². The fourth-order valence-electron chi connectivity index (χ4n) is 2.14. The zero-order valence-corrected chi connectivity index (χ0v) is 13.4. The highest BCUT2D eigenvalue weighted by atomic mass is 79.9. The summed E-state index contributed by atoms with van der Waals surface area (Å²) in [6.07, 6.45) is 0. The Labute approximate surface area is 127 Å². The highest BCUT2D eigenvalue weighted by Gasteiger charge is 2.25. The topological polar surface area (TPSA) is 44.5 Å². The number of hydrogen-bond acceptors (Lipinski definition) is 3. The first kappa shape index (κ1) is 14.9. The van der Waals surface area contributed by atoms with E-state index in [0.717, 1.165) is 15.6 Å². The number of rotatable bonds is 4. The summed E-state index contributed by atoms with van der Waals surface area (Å²) in [5.74, 6) is 1.37. The van der Waals surface area contributed by atoms with Gasteiger partial charge in [0.2, 0.25) is 0 Å². The van der Waals surface area contributed by atoms with E-state index in [1.807, 2.05) is 49.4 Å². The standard InChI is InChI=1S/C16H18BrNO2/c1-16(18,11-5-4-6-13(17)9-11)12-7-8-14(19-2)15(10-12)20-3/h4-10H,18H2,1-3H3. The monoisotopic (exact) mass is 335 g/mol. The van der Waals surface area contributed by atoms with E-state index in [2.05, 4.69) is 15.9 Å². The van der Waals surface area contributed by atoms with E-state index in [1.54, 1.807) is 14.2 Å². The maximum Gasteiger partial charge on any atom is 0.161 e. The molecule has 0 radical (unpaired) electrons. The van der Waals surface area contributed by atoms with E-state index in [9.17, 15) is 0 Å². The molecule has 20 heavy (non-hydrogen) atoms. The first-order chi connectivity index (χ1) is 9.48. The first-order valence-electron chi connectivity index (χ1n) is 6.26. The molecule has 2 aromatic rings. The van der Waals surface area contributed by atoms with Crippen molar-refractivity contribution >= 4 is 15.9 Å². The van der Waals surface area contributed by atoms with Crippen molar-refractivity contribution in [2.24, 2.45) is 5.73 Å². The van der Waals surface area contributed by atoms with E-state index in [4.69, 9.17) is 15.2 Å². The van der Waals surface area contributed by atoms with E-state index in [1.165, 1.54) is 0 Å². The molecule has 0 aliphatic carbocycles. The fraction of sp³-hybridized carbons (Fsp3) is 0.250. The molecule has 0 aliphatic heterocycles. The predicted octanol–water partition coefficient (Wildman–Crippen LogP) is 3.69. The minimum Gasteiger partial charge on any atom is -0.493 e. The van der Waals surface area contributed by atoms with E-state index in [-0.39, 0.29) is 0 Å². The van der Waals surface area contributed by atoms with Gasteiger partial charge in [-0.25, -0.2) is 0 Å². The Morgan fingerprint density at radius 2 is 1.60 bits per heavy atom. The van der Waals surface area contributed by atoms with Crippen LogP contribution in [0.5, 0.6) is 11.5 Å². The molecule has 0 aliphatic rings. The minimum absolute atomic E-state index is 0.608. The van der Waals surface area contributed by atoms with Crippen LogP contribution in [-0.4, -0.2) is 14.2 Å². The Morgan fingerprint density at radius 3 is 2.20 bits per heavy atom. The molecule has 0 spiro atoms. The lowest BCUT2D eigenvalue weighted by molar-refractivity contribution is 0.353. The molecule has 0 saturated carbocycles. The van der Waals surface area contributed by atoms with Crippen LogP contribution in [0, 0.1) is 0 Å². The molecule has 0 aromatic heterocycles. The number of methoxy groups -OCH3 is 2. The molecule has 0 fully saturated rings. The summed E-state index contributed by atoms with van der Waals surface area (Å²) in [6, 6.07) is 13.7. The van der Waals surface area contributed by atoms with Crippen molar-refractivity contribution in [2.45, 2.75) is 12.5 Å². The number of hydrogen-bond donors (Lipinski definition) is 1. The van der Waals surface area contributed by atoms with Crippen LogP contribution >= 0.6 is 15.9 Å². The minimum atomic E-state index is -0.608. The second-order valence-electron chi connectivity index (χ2n) is 4.78. The molecule has 0 amide bonds. The van der Waals surface area contributed by atoms with Crippen molar-refractivity contribution in [1.29, 1.82) is 0 Å². The van der Waals surface area contributed by atoms with Gasteiger partial charge in [0.25, 0.3) is 0 Å². The van der Waals surface area contributed by atoms with Crippen LogP contribution in [0.15, 0.2) is 46.9 Å². The maximum absolute atomic E-state index is 6.53. The molecule has 2 rings (SSSR count). The predicted molar refractivity (Wildman–Crippen MR) is 84.3 cm³/mol. The van der Waals surface area contributed by atoms with Gasteiger partial charge in [-0.3, -0.25) is 0 Å². The molecular weight excluding hydrogens is 318 g/mol. The van der Waals surface area contributed by atoms with Gasteiger partial charge >= 0.3 is 0 Å². The van der Waals surface area contributed by atoms with Gasteiger partial charge in [-0.1, -0.05) is 34.1 Å². The van der Waals surface area contributed by atoms with Gasteiger partial charge in [-0.05, 0) is 42.3 Å². The summed E-state index contributed by atoms with van der Waals surface area (Å²) in [4.78, 5) is 0. The van der Waals surface area contributed by atoms with E-state index in [0.29, 0.717) is 11.5 Å². The van der Waals surface area contributed by atoms with Gasteiger partial charge in [-0.2, -0.15) is 0 Å². The number of nitrogens with two attached hydrogens (primary N) is 1. The molecule has 2 N–H and O–H groups in total. The maximum atomic E-state index is 6.53. The summed E-state index contributed by atoms with van der Waals surface area (Å²) in [5.41, 5.74) is 7.91. The molecule has 4 heteroatoms. The van der Waals surface area contributed by atoms with Crippen molar-refractivity contribution in [3.05, 3.63) is 58.1 Å². The molecule has 0 saturated heterocycles. The number of halogens is 1. The average molecular weight is 336 g/mol. The largest absolute Gasteiger partial charge is 0.493 e. The van der Waals surface area contributed by atoms with Crippen LogP contribution in [-0.2, 0) is 5.54 Å². The van der Waals surface area contributed by atoms with Crippen LogP contribution in [0.4, 0.5) is 0 Å². The second kappa shape index (κ2) is 5.85. The average Bonchev–Trinajstić information content (AvgIpc) is 2.46. The van der Waals surface area contributed by atoms with Crippen LogP contribution in [0.25, 0.3) is 0 Å². The quantitative estimate of drug-likeness (QED) is 0.926. The molecule has 106 valence electrons. The van der Waals surface area contributed by atoms with Gasteiger partial charge in [-0.15, -0.1) is 0 Å². The number of ether oxygens (including phenoxy) is 2. The van der Waals surface area contributed by atoms with Crippen molar-refractivity contribution in [1.82, 2.24) is 0 Å². The summed E-state index contributed by atoms with van der Waals surface area (Å²) < 4.78 is 11.6. The Kier molecular flexibility index (Phi) is 4.35. The second-order valence-corrected chi connectivity index (χ2v) is 5.70. The molecule has 1 unspecified atom stereocenters. The van der Waals surface area contributed by atoms with Gasteiger partial charge in [0.15, 0.2) is 11.5 Å². The third-order valence-electron chi connectivity index (χ3n) is 3.41. The molecule has 0 bridgehead atoms. The Bertz CT molecular complexity index is 611. The molecule has 0 heterocycles. The highest BCUT2D eigenvalue weighted by Crippen LogP contribution is 2.34. The van der Waals surface area contributed by atoms with Gasteiger partial charge < -0.3 is 15.2 Å². The van der Waals surface area contributed by atoms with Gasteiger partial charge in [0.1, 0.15) is 0 Å². The van der Waals surface area contributed by atoms with Crippen molar-refractivity contribution in [2.75, 3.05) is 14.2 Å². The Morgan fingerprint density at radius 1 is 0.950 bits per heavy atom. The summed E-state index contributed by atoms with van der Waals surface area (Å²) in [5, 5.41) is 0. The molecule has 2 aromatic carbocycles. The van der Waals surface area contributed by atoms with E-state index >= 15 is 0 Å². The van der Waals surface area contributed by atoms with Crippen LogP contribution in [0.3, 0.4) is 0 Å². The van der Waals surface area contributed by atoms with Gasteiger partial charge in [0, 0.05) is 4.47 Å². The zero-order chi connectivity index (χ0) is 14.8. The van der Waals surface area contributed by atoms with Crippen LogP contribution in [0.1, 0.15) is 18.1 Å². The lowest BCUT2D eigenvalue weighted by Gasteiger charge is -2.27. The lowest BCUT2D eigenvalue weighted by Crippen LogP contribution is -2.34.